The van der Waals surface area contributed by atoms with Gasteiger partial charge in [-0.25, -0.2) is 0 Å². The molecule has 0 atom stereocenters. The minimum absolute atomic E-state index is 1.04. The average molecular weight is 1020 g/mol. The Morgan fingerprint density at radius 1 is 0.231 bits per heavy atom. The van der Waals surface area contributed by atoms with Crippen molar-refractivity contribution in [2.75, 3.05) is 0 Å². The van der Waals surface area contributed by atoms with Crippen molar-refractivity contribution in [3.63, 3.8) is 0 Å². The van der Waals surface area contributed by atoms with E-state index in [0.29, 0.717) is 0 Å². The third-order valence-corrected chi connectivity index (χ3v) is 20.2. The van der Waals surface area contributed by atoms with E-state index in [1.165, 1.54) is 31.9 Å². The van der Waals surface area contributed by atoms with Crippen molar-refractivity contribution in [2.45, 2.75) is 13.8 Å². The zero-order valence-corrected chi connectivity index (χ0v) is 44.8. The van der Waals surface area contributed by atoms with Crippen LogP contribution in [-0.2, 0) is 0 Å². The standard InChI is InChI=1S/C74H57N3Si/c1-54-48-68(56-30-12-3-13-31-56)75(72(54)59-36-18-6-19-37-59)62-50-63(76-69(57-32-14-4-15-33-57)49-55(2)73(76)60-38-20-7-21-39-60)52-64(51-62)77-70(58-34-16-5-17-35-58)53-71(74(77)61-40-22-8-23-41-61)78(65-42-24-9-25-43-65,66-44-26-10-27-45-66)67-46-28-11-29-47-67/h3-53H,1-2H3. The van der Waals surface area contributed by atoms with Gasteiger partial charge < -0.3 is 13.7 Å². The van der Waals surface area contributed by atoms with Crippen LogP contribution in [0.15, 0.2) is 309 Å². The summed E-state index contributed by atoms with van der Waals surface area (Å²) >= 11 is 0. The second-order valence-electron chi connectivity index (χ2n) is 20.2. The number of benzene rings is 10. The van der Waals surface area contributed by atoms with Crippen LogP contribution in [0.25, 0.3) is 84.6 Å². The number of nitrogens with zero attached hydrogens (tertiary/aromatic N) is 3. The van der Waals surface area contributed by atoms with Crippen LogP contribution in [0.2, 0.25) is 0 Å². The highest BCUT2D eigenvalue weighted by atomic mass is 28.3. The first-order valence-corrected chi connectivity index (χ1v) is 28.9. The van der Waals surface area contributed by atoms with Gasteiger partial charge in [0.1, 0.15) is 0 Å². The molecule has 0 radical (unpaired) electrons. The van der Waals surface area contributed by atoms with Crippen molar-refractivity contribution >= 4 is 28.8 Å². The van der Waals surface area contributed by atoms with Crippen LogP contribution >= 0.6 is 0 Å². The molecule has 0 aliphatic carbocycles. The normalized spacial score (nSPS) is 11.5. The molecule has 0 unspecified atom stereocenters. The molecule has 0 saturated carbocycles. The highest BCUT2D eigenvalue weighted by molar-refractivity contribution is 7.20. The van der Waals surface area contributed by atoms with Crippen LogP contribution in [0.3, 0.4) is 0 Å². The summed E-state index contributed by atoms with van der Waals surface area (Å²) in [6, 6.07) is 114. The second-order valence-corrected chi connectivity index (χ2v) is 23.9. The maximum Gasteiger partial charge on any atom is 0.181 e. The maximum atomic E-state index is 2.60. The summed E-state index contributed by atoms with van der Waals surface area (Å²) in [7, 11) is -3.20. The summed E-state index contributed by atoms with van der Waals surface area (Å²) in [5.41, 5.74) is 19.2. The summed E-state index contributed by atoms with van der Waals surface area (Å²) in [4.78, 5) is 0. The molecular formula is C74H57N3Si. The summed E-state index contributed by atoms with van der Waals surface area (Å²) in [6.07, 6.45) is 0. The molecule has 0 fully saturated rings. The molecule has 0 amide bonds. The fourth-order valence-electron chi connectivity index (χ4n) is 12.1. The van der Waals surface area contributed by atoms with Gasteiger partial charge in [-0.2, -0.15) is 0 Å². The van der Waals surface area contributed by atoms with E-state index in [0.717, 1.165) is 84.6 Å². The fourth-order valence-corrected chi connectivity index (χ4v) is 17.1. The molecule has 3 nitrogen and oxygen atoms in total. The fraction of sp³-hybridized carbons (Fsp3) is 0.0270. The molecule has 0 bridgehead atoms. The van der Waals surface area contributed by atoms with E-state index >= 15 is 0 Å². The van der Waals surface area contributed by atoms with Crippen LogP contribution in [0.4, 0.5) is 0 Å². The van der Waals surface area contributed by atoms with Gasteiger partial charge in [-0.15, -0.1) is 0 Å². The van der Waals surface area contributed by atoms with Gasteiger partial charge in [-0.3, -0.25) is 0 Å². The summed E-state index contributed by atoms with van der Waals surface area (Å²) in [5.74, 6) is 0. The Morgan fingerprint density at radius 3 is 0.756 bits per heavy atom. The largest absolute Gasteiger partial charge is 0.309 e. The smallest absolute Gasteiger partial charge is 0.181 e. The van der Waals surface area contributed by atoms with Crippen molar-refractivity contribution in [3.8, 4) is 84.6 Å². The first-order chi connectivity index (χ1) is 38.6. The molecule has 3 heterocycles. The molecule has 3 aromatic heterocycles. The first kappa shape index (κ1) is 47.9. The van der Waals surface area contributed by atoms with E-state index in [2.05, 4.69) is 337 Å². The van der Waals surface area contributed by atoms with Gasteiger partial charge in [0.15, 0.2) is 8.07 Å². The lowest BCUT2D eigenvalue weighted by Gasteiger charge is -2.35. The SMILES string of the molecule is Cc1cc(-c2ccccc2)n(-c2cc(-n3c(-c4ccccc4)cc(C)c3-c3ccccc3)cc(-n3c(-c4ccccc4)cc([Si](c4ccccc4)(c4ccccc4)c4ccccc4)c3-c3ccccc3)c2)c1-c1ccccc1. The molecule has 0 saturated heterocycles. The van der Waals surface area contributed by atoms with E-state index in [4.69, 9.17) is 0 Å². The first-order valence-electron chi connectivity index (χ1n) is 26.9. The quantitative estimate of drug-likeness (QED) is 0.0808. The van der Waals surface area contributed by atoms with Crippen molar-refractivity contribution < 1.29 is 0 Å². The third-order valence-electron chi connectivity index (χ3n) is 15.4. The van der Waals surface area contributed by atoms with Crippen molar-refractivity contribution in [1.82, 2.24) is 13.7 Å². The summed E-state index contributed by atoms with van der Waals surface area (Å²) < 4.78 is 7.63. The zero-order chi connectivity index (χ0) is 52.4. The van der Waals surface area contributed by atoms with Crippen molar-refractivity contribution in [3.05, 3.63) is 321 Å². The minimum atomic E-state index is -3.20. The predicted octanol–water partition coefficient (Wildman–Crippen LogP) is 16.1. The topological polar surface area (TPSA) is 14.8 Å². The van der Waals surface area contributed by atoms with Crippen LogP contribution in [0, 0.1) is 13.8 Å². The lowest BCUT2D eigenvalue weighted by atomic mass is 10.1. The van der Waals surface area contributed by atoms with Crippen LogP contribution in [0.1, 0.15) is 11.1 Å². The van der Waals surface area contributed by atoms with Gasteiger partial charge in [0.05, 0.1) is 51.2 Å². The molecular weight excluding hydrogens is 959 g/mol. The Balaban J connectivity index is 1.24. The molecule has 78 heavy (non-hydrogen) atoms. The van der Waals surface area contributed by atoms with Gasteiger partial charge in [0, 0.05) is 0 Å². The van der Waals surface area contributed by atoms with Gasteiger partial charge >= 0.3 is 0 Å². The van der Waals surface area contributed by atoms with Crippen molar-refractivity contribution in [2.24, 2.45) is 0 Å². The number of hydrogen-bond acceptors (Lipinski definition) is 0. The Morgan fingerprint density at radius 2 is 0.462 bits per heavy atom. The third kappa shape index (κ3) is 8.49. The molecule has 0 spiro atoms. The van der Waals surface area contributed by atoms with Crippen molar-refractivity contribution in [1.29, 1.82) is 0 Å². The van der Waals surface area contributed by atoms with E-state index in [9.17, 15) is 0 Å². The second kappa shape index (κ2) is 20.8. The minimum Gasteiger partial charge on any atom is -0.309 e. The summed E-state index contributed by atoms with van der Waals surface area (Å²) in [6.45, 7) is 4.51. The lowest BCUT2D eigenvalue weighted by Crippen LogP contribution is -2.75. The molecule has 372 valence electrons. The molecule has 4 heteroatoms. The van der Waals surface area contributed by atoms with E-state index < -0.39 is 8.07 Å². The molecule has 13 rings (SSSR count). The lowest BCUT2D eigenvalue weighted by molar-refractivity contribution is 1.02. The monoisotopic (exact) mass is 1020 g/mol. The number of aryl methyl sites for hydroxylation is 2. The van der Waals surface area contributed by atoms with Gasteiger partial charge in [-0.1, -0.05) is 273 Å². The molecule has 13 aromatic rings. The molecule has 0 aliphatic heterocycles. The number of rotatable bonds is 13. The van der Waals surface area contributed by atoms with E-state index in [1.54, 1.807) is 0 Å². The number of hydrogen-bond donors (Lipinski definition) is 0. The molecule has 0 N–H and O–H groups in total. The Kier molecular flexibility index (Phi) is 12.8. The Bertz CT molecular complexity index is 3910. The van der Waals surface area contributed by atoms with Crippen LogP contribution < -0.4 is 20.7 Å². The maximum absolute atomic E-state index is 3.20. The zero-order valence-electron chi connectivity index (χ0n) is 43.8. The number of aromatic nitrogens is 3. The highest BCUT2D eigenvalue weighted by Crippen LogP contribution is 2.42. The molecule has 0 aliphatic rings. The van der Waals surface area contributed by atoms with Gasteiger partial charge in [-0.05, 0) is 116 Å². The Labute approximate surface area is 458 Å². The van der Waals surface area contributed by atoms with Crippen LogP contribution in [-0.4, -0.2) is 21.8 Å². The van der Waals surface area contributed by atoms with Crippen LogP contribution in [0.5, 0.6) is 0 Å². The van der Waals surface area contributed by atoms with E-state index in [1.807, 2.05) is 0 Å². The molecule has 10 aromatic carbocycles. The summed E-state index contributed by atoms with van der Waals surface area (Å²) in [5, 5.41) is 5.26. The average Bonchev–Trinajstić information content (AvgIpc) is 4.36. The Hall–Kier alpha value is -9.74. The van der Waals surface area contributed by atoms with Gasteiger partial charge in [0.2, 0.25) is 0 Å². The predicted molar refractivity (Wildman–Crippen MR) is 330 cm³/mol. The van der Waals surface area contributed by atoms with E-state index in [-0.39, 0.29) is 0 Å². The highest BCUT2D eigenvalue weighted by Gasteiger charge is 2.45. The van der Waals surface area contributed by atoms with Gasteiger partial charge in [0.25, 0.3) is 0 Å².